The second-order valence-electron chi connectivity index (χ2n) is 9.77. The highest BCUT2D eigenvalue weighted by Crippen LogP contribution is 2.63. The lowest BCUT2D eigenvalue weighted by Gasteiger charge is -2.43. The van der Waals surface area contributed by atoms with Crippen LogP contribution in [0.5, 0.6) is 0 Å². The molecular formula is C28H25F3N2O. The molecular weight excluding hydrogens is 437 g/mol. The minimum absolute atomic E-state index is 0.224. The molecule has 3 aromatic carbocycles. The van der Waals surface area contributed by atoms with Gasteiger partial charge in [0.2, 0.25) is 0 Å². The Bertz CT molecular complexity index is 1240. The molecule has 1 heterocycles. The number of halogens is 3. The molecule has 2 aliphatic carbocycles. The van der Waals surface area contributed by atoms with Crippen LogP contribution in [0.1, 0.15) is 58.3 Å². The van der Waals surface area contributed by atoms with Gasteiger partial charge in [0.05, 0.1) is 17.3 Å². The minimum Gasteiger partial charge on any atom is -0.378 e. The lowest BCUT2D eigenvalue weighted by molar-refractivity contribution is -0.136. The van der Waals surface area contributed by atoms with Crippen molar-refractivity contribution in [2.45, 2.75) is 37.4 Å². The van der Waals surface area contributed by atoms with Crippen LogP contribution >= 0.6 is 0 Å². The molecule has 3 nitrogen and oxygen atoms in total. The van der Waals surface area contributed by atoms with E-state index in [-0.39, 0.29) is 11.7 Å². The summed E-state index contributed by atoms with van der Waals surface area (Å²) in [6, 6.07) is 21.3. The number of rotatable bonds is 3. The van der Waals surface area contributed by atoms with Gasteiger partial charge in [0, 0.05) is 11.3 Å². The summed E-state index contributed by atoms with van der Waals surface area (Å²) in [5.74, 6) is 1.53. The number of benzene rings is 3. The van der Waals surface area contributed by atoms with Crippen LogP contribution in [0, 0.1) is 17.8 Å². The van der Waals surface area contributed by atoms with E-state index in [1.54, 1.807) is 6.07 Å². The van der Waals surface area contributed by atoms with E-state index in [1.165, 1.54) is 43.0 Å². The van der Waals surface area contributed by atoms with E-state index in [0.717, 1.165) is 17.3 Å². The highest BCUT2D eigenvalue weighted by atomic mass is 19.4. The summed E-state index contributed by atoms with van der Waals surface area (Å²) in [5, 5.41) is 6.22. The number of hydrogen-bond donors (Lipinski definition) is 2. The third kappa shape index (κ3) is 3.47. The van der Waals surface area contributed by atoms with Crippen LogP contribution in [-0.2, 0) is 6.18 Å². The van der Waals surface area contributed by atoms with Crippen molar-refractivity contribution in [3.63, 3.8) is 0 Å². The Hall–Kier alpha value is -3.28. The van der Waals surface area contributed by atoms with Crippen LogP contribution in [0.15, 0.2) is 72.8 Å². The van der Waals surface area contributed by atoms with E-state index in [2.05, 4.69) is 34.9 Å². The number of hydrogen-bond acceptors (Lipinski definition) is 2. The molecule has 34 heavy (non-hydrogen) atoms. The summed E-state index contributed by atoms with van der Waals surface area (Å²) in [7, 11) is 0. The Kier molecular flexibility index (Phi) is 4.94. The van der Waals surface area contributed by atoms with Crippen molar-refractivity contribution in [1.29, 1.82) is 0 Å². The zero-order valence-corrected chi connectivity index (χ0v) is 18.5. The molecule has 5 atom stereocenters. The Morgan fingerprint density at radius 2 is 1.65 bits per heavy atom. The first kappa shape index (κ1) is 21.3. The molecule has 0 unspecified atom stereocenters. The van der Waals surface area contributed by atoms with Gasteiger partial charge in [0.25, 0.3) is 5.91 Å². The van der Waals surface area contributed by atoms with Gasteiger partial charge in [-0.1, -0.05) is 42.5 Å². The number of carbonyl (C=O) groups excluding carboxylic acids is 1. The Labute approximate surface area is 196 Å². The van der Waals surface area contributed by atoms with Crippen molar-refractivity contribution < 1.29 is 18.0 Å². The Morgan fingerprint density at radius 3 is 2.44 bits per heavy atom. The molecule has 6 heteroatoms. The number of anilines is 2. The topological polar surface area (TPSA) is 41.1 Å². The van der Waals surface area contributed by atoms with Crippen LogP contribution in [0.2, 0.25) is 0 Å². The van der Waals surface area contributed by atoms with Crippen molar-refractivity contribution in [2.24, 2.45) is 17.8 Å². The fraction of sp³-hybridized carbons (Fsp3) is 0.321. The van der Waals surface area contributed by atoms with Gasteiger partial charge in [0.15, 0.2) is 0 Å². The number of nitrogens with one attached hydrogen (secondary N) is 2. The quantitative estimate of drug-likeness (QED) is 0.430. The van der Waals surface area contributed by atoms with E-state index < -0.39 is 17.6 Å². The Balaban J connectivity index is 1.34. The number of alkyl halides is 3. The minimum atomic E-state index is -4.54. The molecule has 1 aliphatic heterocycles. The lowest BCUT2D eigenvalue weighted by Crippen LogP contribution is -2.35. The molecule has 0 radical (unpaired) electrons. The smallest absolute Gasteiger partial charge is 0.378 e. The van der Waals surface area contributed by atoms with Gasteiger partial charge < -0.3 is 10.6 Å². The molecule has 3 aromatic rings. The molecule has 0 saturated heterocycles. The van der Waals surface area contributed by atoms with Gasteiger partial charge in [-0.3, -0.25) is 4.79 Å². The molecule has 1 amide bonds. The fourth-order valence-electron chi connectivity index (χ4n) is 6.65. The first-order chi connectivity index (χ1) is 16.4. The normalized spacial score (nSPS) is 27.0. The lowest BCUT2D eigenvalue weighted by atomic mass is 9.68. The predicted molar refractivity (Wildman–Crippen MR) is 126 cm³/mol. The third-order valence-electron chi connectivity index (χ3n) is 7.99. The van der Waals surface area contributed by atoms with Crippen LogP contribution in [-0.4, -0.2) is 5.91 Å². The van der Waals surface area contributed by atoms with E-state index >= 15 is 0 Å². The monoisotopic (exact) mass is 462 g/mol. The van der Waals surface area contributed by atoms with E-state index in [0.29, 0.717) is 29.2 Å². The summed E-state index contributed by atoms with van der Waals surface area (Å²) in [4.78, 5) is 13.0. The molecule has 3 aliphatic rings. The second kappa shape index (κ2) is 7.90. The van der Waals surface area contributed by atoms with Gasteiger partial charge in [0.1, 0.15) is 0 Å². The molecule has 174 valence electrons. The highest BCUT2D eigenvalue weighted by molar-refractivity contribution is 6.05. The molecule has 2 fully saturated rings. The summed E-state index contributed by atoms with van der Waals surface area (Å²) in [6.45, 7) is 0. The van der Waals surface area contributed by atoms with Crippen molar-refractivity contribution in [3.05, 3.63) is 95.1 Å². The zero-order valence-electron chi connectivity index (χ0n) is 18.5. The van der Waals surface area contributed by atoms with Crippen LogP contribution < -0.4 is 10.6 Å². The molecule has 2 saturated carbocycles. The first-order valence-electron chi connectivity index (χ1n) is 11.8. The molecule has 0 spiro atoms. The summed E-state index contributed by atoms with van der Waals surface area (Å²) in [6.07, 6.45) is -0.898. The van der Waals surface area contributed by atoms with Crippen molar-refractivity contribution >= 4 is 17.3 Å². The van der Waals surface area contributed by atoms with Gasteiger partial charge in [-0.05, 0) is 84.4 Å². The van der Waals surface area contributed by atoms with Gasteiger partial charge >= 0.3 is 6.18 Å². The molecule has 2 bridgehead atoms. The van der Waals surface area contributed by atoms with Crippen LogP contribution in [0.25, 0.3) is 0 Å². The summed E-state index contributed by atoms with van der Waals surface area (Å²) >= 11 is 0. The number of para-hydroxylation sites is 1. The number of amides is 1. The third-order valence-corrected chi connectivity index (χ3v) is 7.99. The van der Waals surface area contributed by atoms with Crippen molar-refractivity contribution in [3.8, 4) is 0 Å². The predicted octanol–water partition coefficient (Wildman–Crippen LogP) is 7.25. The van der Waals surface area contributed by atoms with E-state index in [1.807, 2.05) is 18.2 Å². The van der Waals surface area contributed by atoms with E-state index in [4.69, 9.17) is 0 Å². The first-order valence-corrected chi connectivity index (χ1v) is 11.8. The summed E-state index contributed by atoms with van der Waals surface area (Å²) < 4.78 is 40.1. The van der Waals surface area contributed by atoms with Gasteiger partial charge in [-0.15, -0.1) is 0 Å². The summed E-state index contributed by atoms with van der Waals surface area (Å²) in [5.41, 5.74) is 2.74. The highest BCUT2D eigenvalue weighted by Gasteiger charge is 2.53. The number of carbonyl (C=O) groups is 1. The Morgan fingerprint density at radius 1 is 0.912 bits per heavy atom. The zero-order chi connectivity index (χ0) is 23.4. The second-order valence-corrected chi connectivity index (χ2v) is 9.77. The average molecular weight is 463 g/mol. The van der Waals surface area contributed by atoms with Gasteiger partial charge in [-0.25, -0.2) is 0 Å². The fourth-order valence-corrected chi connectivity index (χ4v) is 6.65. The van der Waals surface area contributed by atoms with Crippen molar-refractivity contribution in [1.82, 2.24) is 0 Å². The van der Waals surface area contributed by atoms with E-state index in [9.17, 15) is 18.0 Å². The standard InChI is InChI=1S/C28H25F3N2O/c29-28(30,31)21-8-4-5-9-23(21)33-27(34)19-12-13-22-20(15-19)24-17-10-11-18(14-17)25(24)26(32-22)16-6-2-1-3-7-16/h1-9,12-13,15,17-18,24-26,32H,10-11,14H2,(H,33,34)/t17-,18-,24-,25-,26-/m0/s1. The van der Waals surface area contributed by atoms with Gasteiger partial charge in [-0.2, -0.15) is 13.2 Å². The molecule has 2 N–H and O–H groups in total. The maximum atomic E-state index is 13.4. The molecule has 6 rings (SSSR count). The maximum Gasteiger partial charge on any atom is 0.418 e. The number of fused-ring (bicyclic) bond motifs is 7. The largest absolute Gasteiger partial charge is 0.418 e. The van der Waals surface area contributed by atoms with Crippen LogP contribution in [0.3, 0.4) is 0 Å². The maximum absolute atomic E-state index is 13.4. The molecule has 0 aromatic heterocycles. The average Bonchev–Trinajstić information content (AvgIpc) is 3.46. The van der Waals surface area contributed by atoms with Crippen LogP contribution in [0.4, 0.5) is 24.5 Å². The SMILES string of the molecule is O=C(Nc1ccccc1C(F)(F)F)c1ccc2c(c1)[C@@H]1[C@H]3CC[C@@H](C3)[C@@H]1[C@H](c1ccccc1)N2. The van der Waals surface area contributed by atoms with Crippen molar-refractivity contribution in [2.75, 3.05) is 10.6 Å².